The molecule has 1 unspecified atom stereocenters. The first-order valence-corrected chi connectivity index (χ1v) is 6.69. The third-order valence-electron chi connectivity index (χ3n) is 2.10. The number of hydrogen-bond acceptors (Lipinski definition) is 3. The molecular formula is C11H12Cl2N3O2S+. The molecule has 0 fully saturated rings. The Labute approximate surface area is 124 Å². The van der Waals surface area contributed by atoms with E-state index in [1.165, 1.54) is 13.2 Å². The molecule has 5 nitrogen and oxygen atoms in total. The smallest absolute Gasteiger partial charge is 0.323 e. The summed E-state index contributed by atoms with van der Waals surface area (Å²) in [5.74, 6) is -0.496. The Morgan fingerprint density at radius 3 is 2.79 bits per heavy atom. The van der Waals surface area contributed by atoms with Gasteiger partial charge in [0, 0.05) is 10.0 Å². The SMILES string of the molecule is COC(=O)C(SC(N)=NC=[NH2+])c1ccc(Cl)cc1Cl. The van der Waals surface area contributed by atoms with E-state index in [0.29, 0.717) is 15.6 Å². The number of amidine groups is 1. The van der Waals surface area contributed by atoms with Gasteiger partial charge in [-0.15, -0.1) is 0 Å². The zero-order valence-electron chi connectivity index (χ0n) is 9.97. The molecule has 0 aromatic heterocycles. The molecule has 19 heavy (non-hydrogen) atoms. The summed E-state index contributed by atoms with van der Waals surface area (Å²) in [5, 5.41) is 5.35. The second kappa shape index (κ2) is 7.37. The number of methoxy groups -OCH3 is 1. The molecule has 0 amide bonds. The highest BCUT2D eigenvalue weighted by Crippen LogP contribution is 2.35. The van der Waals surface area contributed by atoms with Crippen LogP contribution in [-0.4, -0.2) is 24.6 Å². The molecule has 8 heteroatoms. The Kier molecular flexibility index (Phi) is 6.14. The number of benzene rings is 1. The monoisotopic (exact) mass is 320 g/mol. The lowest BCUT2D eigenvalue weighted by atomic mass is 10.1. The summed E-state index contributed by atoms with van der Waals surface area (Å²) in [6, 6.07) is 4.80. The fourth-order valence-corrected chi connectivity index (χ4v) is 2.75. The molecule has 0 bridgehead atoms. The number of ether oxygens (including phenoxy) is 1. The molecule has 0 saturated carbocycles. The van der Waals surface area contributed by atoms with Gasteiger partial charge in [-0.05, 0) is 34.5 Å². The first-order valence-electron chi connectivity index (χ1n) is 5.05. The molecule has 0 aliphatic heterocycles. The van der Waals surface area contributed by atoms with E-state index in [4.69, 9.17) is 39.1 Å². The van der Waals surface area contributed by atoms with Gasteiger partial charge in [-0.2, -0.15) is 0 Å². The van der Waals surface area contributed by atoms with Crippen LogP contribution in [0.3, 0.4) is 0 Å². The van der Waals surface area contributed by atoms with Crippen LogP contribution in [0.1, 0.15) is 10.8 Å². The van der Waals surface area contributed by atoms with Crippen molar-refractivity contribution in [3.63, 3.8) is 0 Å². The minimum absolute atomic E-state index is 0.129. The van der Waals surface area contributed by atoms with Crippen LogP contribution in [0.25, 0.3) is 0 Å². The molecule has 4 N–H and O–H groups in total. The van der Waals surface area contributed by atoms with E-state index >= 15 is 0 Å². The van der Waals surface area contributed by atoms with Crippen LogP contribution < -0.4 is 11.1 Å². The molecule has 1 aromatic rings. The maximum absolute atomic E-state index is 11.8. The maximum Gasteiger partial charge on any atom is 0.323 e. The van der Waals surface area contributed by atoms with Crippen molar-refractivity contribution < 1.29 is 14.9 Å². The van der Waals surface area contributed by atoms with Gasteiger partial charge in [-0.25, -0.2) is 0 Å². The molecule has 1 atom stereocenters. The van der Waals surface area contributed by atoms with Crippen molar-refractivity contribution in [2.45, 2.75) is 5.25 Å². The summed E-state index contributed by atoms with van der Waals surface area (Å²) >= 11 is 12.9. The topological polar surface area (TPSA) is 90.3 Å². The van der Waals surface area contributed by atoms with Crippen molar-refractivity contribution in [3.05, 3.63) is 33.8 Å². The van der Waals surface area contributed by atoms with Crippen LogP contribution in [0.4, 0.5) is 0 Å². The fourth-order valence-electron chi connectivity index (χ4n) is 1.28. The van der Waals surface area contributed by atoms with Crippen LogP contribution in [0.5, 0.6) is 0 Å². The molecule has 1 rings (SSSR count). The third kappa shape index (κ3) is 4.41. The first-order chi connectivity index (χ1) is 8.99. The highest BCUT2D eigenvalue weighted by atomic mass is 35.5. The molecule has 0 spiro atoms. The number of hydrogen-bond donors (Lipinski definition) is 2. The molecular weight excluding hydrogens is 309 g/mol. The summed E-state index contributed by atoms with van der Waals surface area (Å²) in [5.41, 5.74) is 6.16. The number of carbonyl (C=O) groups excluding carboxylic acids is 1. The Morgan fingerprint density at radius 2 is 2.26 bits per heavy atom. The van der Waals surface area contributed by atoms with Crippen molar-refractivity contribution in [2.24, 2.45) is 10.7 Å². The molecule has 102 valence electrons. The van der Waals surface area contributed by atoms with Gasteiger partial charge in [0.1, 0.15) is 5.25 Å². The zero-order valence-corrected chi connectivity index (χ0v) is 12.3. The zero-order chi connectivity index (χ0) is 14.4. The molecule has 0 aliphatic carbocycles. The summed E-state index contributed by atoms with van der Waals surface area (Å²) in [7, 11) is 1.28. The minimum atomic E-state index is -0.738. The lowest BCUT2D eigenvalue weighted by Crippen LogP contribution is -2.29. The van der Waals surface area contributed by atoms with E-state index in [2.05, 4.69) is 4.99 Å². The maximum atomic E-state index is 11.8. The Morgan fingerprint density at radius 1 is 1.58 bits per heavy atom. The molecule has 0 aliphatic rings. The van der Waals surface area contributed by atoms with Gasteiger partial charge in [0.05, 0.1) is 7.11 Å². The molecule has 0 radical (unpaired) electrons. The van der Waals surface area contributed by atoms with Crippen molar-refractivity contribution in [2.75, 3.05) is 7.11 Å². The van der Waals surface area contributed by atoms with Crippen LogP contribution >= 0.6 is 35.0 Å². The highest BCUT2D eigenvalue weighted by Gasteiger charge is 2.27. The number of esters is 1. The second-order valence-electron chi connectivity index (χ2n) is 3.30. The van der Waals surface area contributed by atoms with E-state index < -0.39 is 11.2 Å². The van der Waals surface area contributed by atoms with Gasteiger partial charge >= 0.3 is 5.97 Å². The number of rotatable bonds is 4. The number of halogens is 2. The molecule has 1 aromatic carbocycles. The van der Waals surface area contributed by atoms with E-state index in [0.717, 1.165) is 18.1 Å². The van der Waals surface area contributed by atoms with Crippen molar-refractivity contribution >= 4 is 52.4 Å². The lowest BCUT2D eigenvalue weighted by Gasteiger charge is -2.14. The van der Waals surface area contributed by atoms with E-state index in [-0.39, 0.29) is 5.17 Å². The number of nitrogens with two attached hydrogens (primary N) is 2. The number of nitrogens with zero attached hydrogens (tertiary/aromatic N) is 1. The quantitative estimate of drug-likeness (QED) is 0.493. The summed E-state index contributed by atoms with van der Waals surface area (Å²) in [4.78, 5) is 15.5. The Balaban J connectivity index is 3.13. The van der Waals surface area contributed by atoms with Gasteiger partial charge < -0.3 is 10.5 Å². The van der Waals surface area contributed by atoms with Crippen molar-refractivity contribution in [1.82, 2.24) is 0 Å². The summed E-state index contributed by atoms with van der Waals surface area (Å²) in [6.45, 7) is 0. The standard InChI is InChI=1S/C11H11Cl2N3O2S/c1-18-10(17)9(19-11(15)16-5-14)7-3-2-6(12)4-8(7)13/h2-5,9H,1H3,(H3,14,15,16)/p+1. The largest absolute Gasteiger partial charge is 0.468 e. The van der Waals surface area contributed by atoms with E-state index in [9.17, 15) is 4.79 Å². The summed E-state index contributed by atoms with van der Waals surface area (Å²) in [6.07, 6.45) is 1.04. The average Bonchev–Trinajstić information content (AvgIpc) is 2.36. The van der Waals surface area contributed by atoms with E-state index in [1.807, 2.05) is 0 Å². The fraction of sp³-hybridized carbons (Fsp3) is 0.182. The van der Waals surface area contributed by atoms with Crippen LogP contribution in [0, 0.1) is 0 Å². The van der Waals surface area contributed by atoms with Crippen molar-refractivity contribution in [1.29, 1.82) is 0 Å². The van der Waals surface area contributed by atoms with Gasteiger partial charge in [-0.3, -0.25) is 10.2 Å². The second-order valence-corrected chi connectivity index (χ2v) is 5.27. The van der Waals surface area contributed by atoms with Crippen molar-refractivity contribution in [3.8, 4) is 0 Å². The Bertz CT molecular complexity index is 523. The number of aliphatic imine (C=N–C) groups is 1. The van der Waals surface area contributed by atoms with E-state index in [1.54, 1.807) is 12.1 Å². The Hall–Kier alpha value is -1.24. The molecule has 0 saturated heterocycles. The molecule has 0 heterocycles. The number of carbonyl (C=O) groups is 1. The normalized spacial score (nSPS) is 12.9. The minimum Gasteiger partial charge on any atom is -0.468 e. The average molecular weight is 321 g/mol. The number of thioether (sulfide) groups is 1. The van der Waals surface area contributed by atoms with Crippen LogP contribution in [0.2, 0.25) is 10.0 Å². The third-order valence-corrected chi connectivity index (χ3v) is 3.69. The van der Waals surface area contributed by atoms with Crippen LogP contribution in [0.15, 0.2) is 23.2 Å². The summed E-state index contributed by atoms with van der Waals surface area (Å²) < 4.78 is 4.73. The van der Waals surface area contributed by atoms with Gasteiger partial charge in [0.15, 0.2) is 0 Å². The predicted octanol–water partition coefficient (Wildman–Crippen LogP) is 1.04. The van der Waals surface area contributed by atoms with Crippen LogP contribution in [-0.2, 0) is 9.53 Å². The highest BCUT2D eigenvalue weighted by molar-refractivity contribution is 8.14. The van der Waals surface area contributed by atoms with Gasteiger partial charge in [0.25, 0.3) is 11.5 Å². The predicted molar refractivity (Wildman–Crippen MR) is 78.4 cm³/mol. The lowest BCUT2D eigenvalue weighted by molar-refractivity contribution is -0.140. The van der Waals surface area contributed by atoms with Gasteiger partial charge in [-0.1, -0.05) is 29.3 Å². The first kappa shape index (κ1) is 15.8. The van der Waals surface area contributed by atoms with Gasteiger partial charge in [0.2, 0.25) is 0 Å².